The van der Waals surface area contributed by atoms with E-state index < -0.39 is 0 Å². The van der Waals surface area contributed by atoms with Crippen LogP contribution < -0.4 is 10.9 Å². The van der Waals surface area contributed by atoms with E-state index in [1.54, 1.807) is 11.6 Å². The molecule has 5 heteroatoms. The van der Waals surface area contributed by atoms with Crippen LogP contribution in [0.1, 0.15) is 36.8 Å². The predicted molar refractivity (Wildman–Crippen MR) is 79.6 cm³/mol. The fourth-order valence-electron chi connectivity index (χ4n) is 2.26. The Labute approximate surface area is 119 Å². The summed E-state index contributed by atoms with van der Waals surface area (Å²) in [6.07, 6.45) is 1.81. The Bertz CT molecular complexity index is 642. The summed E-state index contributed by atoms with van der Waals surface area (Å²) in [5, 5.41) is 7.65. The molecule has 2 rings (SSSR count). The maximum absolute atomic E-state index is 12.1. The molecule has 0 saturated heterocycles. The van der Waals surface area contributed by atoms with Gasteiger partial charge in [-0.05, 0) is 32.9 Å². The quantitative estimate of drug-likeness (QED) is 0.904. The molecule has 0 bridgehead atoms. The van der Waals surface area contributed by atoms with Crippen molar-refractivity contribution in [2.75, 3.05) is 0 Å². The summed E-state index contributed by atoms with van der Waals surface area (Å²) in [5.41, 5.74) is 2.95. The van der Waals surface area contributed by atoms with Gasteiger partial charge in [0.2, 0.25) is 0 Å². The van der Waals surface area contributed by atoms with E-state index in [0.717, 1.165) is 23.5 Å². The molecule has 20 heavy (non-hydrogen) atoms. The molecule has 0 aliphatic carbocycles. The average molecular weight is 274 g/mol. The first-order valence-corrected chi connectivity index (χ1v) is 6.95. The molecule has 0 aliphatic rings. The minimum Gasteiger partial charge on any atom is -0.316 e. The molecule has 0 fully saturated rings. The second-order valence-electron chi connectivity index (χ2n) is 5.04. The summed E-state index contributed by atoms with van der Waals surface area (Å²) in [7, 11) is 1.80. The zero-order valence-electron chi connectivity index (χ0n) is 12.6. The highest BCUT2D eigenvalue weighted by Crippen LogP contribution is 2.12. The second kappa shape index (κ2) is 6.05. The first kappa shape index (κ1) is 14.5. The SMILES string of the molecule is CCn1nccc1C(C)NCc1ccc(C)n(C)c1=O. The van der Waals surface area contributed by atoms with E-state index in [4.69, 9.17) is 0 Å². The Hall–Kier alpha value is -1.88. The molecule has 0 amide bonds. The minimum atomic E-state index is 0.0636. The minimum absolute atomic E-state index is 0.0636. The largest absolute Gasteiger partial charge is 0.316 e. The van der Waals surface area contributed by atoms with Gasteiger partial charge in [-0.25, -0.2) is 0 Å². The maximum atomic E-state index is 12.1. The van der Waals surface area contributed by atoms with Gasteiger partial charge in [0.25, 0.3) is 5.56 Å². The third kappa shape index (κ3) is 2.82. The zero-order valence-corrected chi connectivity index (χ0v) is 12.6. The van der Waals surface area contributed by atoms with Crippen molar-refractivity contribution >= 4 is 0 Å². The first-order valence-electron chi connectivity index (χ1n) is 6.95. The topological polar surface area (TPSA) is 51.9 Å². The van der Waals surface area contributed by atoms with Crippen molar-refractivity contribution in [3.8, 4) is 0 Å². The van der Waals surface area contributed by atoms with Gasteiger partial charge < -0.3 is 9.88 Å². The van der Waals surface area contributed by atoms with Crippen LogP contribution in [-0.4, -0.2) is 14.3 Å². The van der Waals surface area contributed by atoms with E-state index >= 15 is 0 Å². The van der Waals surface area contributed by atoms with Gasteiger partial charge in [-0.15, -0.1) is 0 Å². The third-order valence-electron chi connectivity index (χ3n) is 3.73. The Balaban J connectivity index is 2.10. The van der Waals surface area contributed by atoms with Crippen LogP contribution in [0, 0.1) is 6.92 Å². The van der Waals surface area contributed by atoms with Gasteiger partial charge in [-0.3, -0.25) is 9.48 Å². The van der Waals surface area contributed by atoms with Gasteiger partial charge in [0.15, 0.2) is 0 Å². The fraction of sp³-hybridized carbons (Fsp3) is 0.467. The van der Waals surface area contributed by atoms with Crippen molar-refractivity contribution in [1.82, 2.24) is 19.7 Å². The molecular formula is C15H22N4O. The first-order chi connectivity index (χ1) is 9.54. The summed E-state index contributed by atoms with van der Waals surface area (Å²) in [6, 6.07) is 6.03. The zero-order chi connectivity index (χ0) is 14.7. The standard InChI is InChI=1S/C15H22N4O/c1-5-19-14(8-9-17-19)12(3)16-10-13-7-6-11(2)18(4)15(13)20/h6-9,12,16H,5,10H2,1-4H3. The normalized spacial score (nSPS) is 12.6. The number of aryl methyl sites for hydroxylation is 2. The molecule has 0 radical (unpaired) electrons. The summed E-state index contributed by atoms with van der Waals surface area (Å²) < 4.78 is 3.64. The lowest BCUT2D eigenvalue weighted by Crippen LogP contribution is -2.28. The number of nitrogens with zero attached hydrogens (tertiary/aromatic N) is 3. The lowest BCUT2D eigenvalue weighted by Gasteiger charge is -2.15. The highest BCUT2D eigenvalue weighted by molar-refractivity contribution is 5.15. The van der Waals surface area contributed by atoms with Gasteiger partial charge >= 0.3 is 0 Å². The molecule has 5 nitrogen and oxygen atoms in total. The molecule has 0 aromatic carbocycles. The van der Waals surface area contributed by atoms with Gasteiger partial charge in [0.05, 0.1) is 5.69 Å². The van der Waals surface area contributed by atoms with Crippen LogP contribution in [0.25, 0.3) is 0 Å². The van der Waals surface area contributed by atoms with Crippen molar-refractivity contribution in [1.29, 1.82) is 0 Å². The van der Waals surface area contributed by atoms with Crippen molar-refractivity contribution in [3.05, 3.63) is 51.7 Å². The molecule has 0 aliphatic heterocycles. The molecule has 1 unspecified atom stereocenters. The molecule has 1 atom stereocenters. The summed E-state index contributed by atoms with van der Waals surface area (Å²) >= 11 is 0. The number of hydrogen-bond acceptors (Lipinski definition) is 3. The molecule has 0 saturated carbocycles. The Morgan fingerprint density at radius 3 is 2.80 bits per heavy atom. The highest BCUT2D eigenvalue weighted by Gasteiger charge is 2.11. The number of hydrogen-bond donors (Lipinski definition) is 1. The molecule has 1 N–H and O–H groups in total. The van der Waals surface area contributed by atoms with Crippen molar-refractivity contribution in [2.24, 2.45) is 7.05 Å². The van der Waals surface area contributed by atoms with Crippen LogP contribution in [-0.2, 0) is 20.1 Å². The van der Waals surface area contributed by atoms with E-state index in [2.05, 4.69) is 24.3 Å². The maximum Gasteiger partial charge on any atom is 0.254 e. The lowest BCUT2D eigenvalue weighted by molar-refractivity contribution is 0.507. The number of nitrogens with one attached hydrogen (secondary N) is 1. The monoisotopic (exact) mass is 274 g/mol. The van der Waals surface area contributed by atoms with Crippen molar-refractivity contribution in [2.45, 2.75) is 39.9 Å². The van der Waals surface area contributed by atoms with E-state index in [1.165, 1.54) is 0 Å². The Morgan fingerprint density at radius 2 is 2.10 bits per heavy atom. The Morgan fingerprint density at radius 1 is 1.35 bits per heavy atom. The van der Waals surface area contributed by atoms with E-state index in [-0.39, 0.29) is 11.6 Å². The van der Waals surface area contributed by atoms with E-state index in [1.807, 2.05) is 36.0 Å². The molecule has 0 spiro atoms. The van der Waals surface area contributed by atoms with Gasteiger partial charge in [-0.1, -0.05) is 6.07 Å². The second-order valence-corrected chi connectivity index (χ2v) is 5.04. The molecule has 108 valence electrons. The number of rotatable bonds is 5. The lowest BCUT2D eigenvalue weighted by atomic mass is 10.2. The van der Waals surface area contributed by atoms with Crippen LogP contribution in [0.3, 0.4) is 0 Å². The summed E-state index contributed by atoms with van der Waals surface area (Å²) in [6.45, 7) is 7.49. The predicted octanol–water partition coefficient (Wildman–Crippen LogP) is 1.76. The fourth-order valence-corrected chi connectivity index (χ4v) is 2.26. The van der Waals surface area contributed by atoms with Crippen LogP contribution in [0.4, 0.5) is 0 Å². The van der Waals surface area contributed by atoms with Crippen LogP contribution in [0.5, 0.6) is 0 Å². The smallest absolute Gasteiger partial charge is 0.254 e. The van der Waals surface area contributed by atoms with Gasteiger partial charge in [-0.2, -0.15) is 5.10 Å². The molecule has 2 aromatic rings. The third-order valence-corrected chi connectivity index (χ3v) is 3.73. The van der Waals surface area contributed by atoms with Crippen molar-refractivity contribution in [3.63, 3.8) is 0 Å². The number of pyridine rings is 1. The van der Waals surface area contributed by atoms with Crippen LogP contribution in [0.15, 0.2) is 29.2 Å². The van der Waals surface area contributed by atoms with E-state index in [0.29, 0.717) is 6.54 Å². The molecular weight excluding hydrogens is 252 g/mol. The van der Waals surface area contributed by atoms with Crippen LogP contribution in [0.2, 0.25) is 0 Å². The highest BCUT2D eigenvalue weighted by atomic mass is 16.1. The van der Waals surface area contributed by atoms with Crippen molar-refractivity contribution < 1.29 is 0 Å². The van der Waals surface area contributed by atoms with E-state index in [9.17, 15) is 4.79 Å². The number of aromatic nitrogens is 3. The summed E-state index contributed by atoms with van der Waals surface area (Å²) in [4.78, 5) is 12.1. The molecule has 2 aromatic heterocycles. The van der Waals surface area contributed by atoms with Gasteiger partial charge in [0.1, 0.15) is 0 Å². The molecule has 2 heterocycles. The Kier molecular flexibility index (Phi) is 4.39. The van der Waals surface area contributed by atoms with Gasteiger partial charge in [0, 0.05) is 43.6 Å². The average Bonchev–Trinajstić information content (AvgIpc) is 2.92. The van der Waals surface area contributed by atoms with Crippen LogP contribution >= 0.6 is 0 Å². The summed E-state index contributed by atoms with van der Waals surface area (Å²) in [5.74, 6) is 0.